The van der Waals surface area contributed by atoms with Crippen molar-refractivity contribution >= 4 is 17.6 Å². The van der Waals surface area contributed by atoms with Gasteiger partial charge in [-0.1, -0.05) is 12.1 Å². The molecule has 0 bridgehead atoms. The Balaban J connectivity index is 1.47. The highest BCUT2D eigenvalue weighted by atomic mass is 16.5. The standard InChI is InChI=1S/C20H29N3O3/c1-14(21-20(25)23(2)13-18-5-3-4-12-26-18)15-8-10-17(11-9-15)22-19(24)16-6-7-16/h8-11,14,16,18H,3-7,12-13H2,1-2H3,(H,21,25)(H,22,24). The molecule has 1 aliphatic carbocycles. The summed E-state index contributed by atoms with van der Waals surface area (Å²) in [5.74, 6) is 0.294. The average Bonchev–Trinajstić information content (AvgIpc) is 3.48. The van der Waals surface area contributed by atoms with Crippen LogP contribution >= 0.6 is 0 Å². The zero-order valence-electron chi connectivity index (χ0n) is 15.7. The molecule has 0 spiro atoms. The van der Waals surface area contributed by atoms with Gasteiger partial charge in [0.25, 0.3) is 0 Å². The van der Waals surface area contributed by atoms with Crippen molar-refractivity contribution < 1.29 is 14.3 Å². The lowest BCUT2D eigenvalue weighted by atomic mass is 10.1. The van der Waals surface area contributed by atoms with Gasteiger partial charge in [-0.2, -0.15) is 0 Å². The predicted molar refractivity (Wildman–Crippen MR) is 101 cm³/mol. The summed E-state index contributed by atoms with van der Waals surface area (Å²) in [6.45, 7) is 3.37. The number of hydrogen-bond donors (Lipinski definition) is 2. The molecule has 3 rings (SSSR count). The van der Waals surface area contributed by atoms with Crippen LogP contribution in [0.3, 0.4) is 0 Å². The van der Waals surface area contributed by atoms with E-state index in [1.165, 1.54) is 6.42 Å². The molecule has 1 aromatic rings. The lowest BCUT2D eigenvalue weighted by Crippen LogP contribution is -2.43. The molecule has 6 nitrogen and oxygen atoms in total. The smallest absolute Gasteiger partial charge is 0.317 e. The maximum atomic E-state index is 12.4. The number of carbonyl (C=O) groups excluding carboxylic acids is 2. The summed E-state index contributed by atoms with van der Waals surface area (Å²) in [7, 11) is 1.80. The Bertz CT molecular complexity index is 622. The highest BCUT2D eigenvalue weighted by molar-refractivity contribution is 5.94. The first-order valence-corrected chi connectivity index (χ1v) is 9.57. The summed E-state index contributed by atoms with van der Waals surface area (Å²) in [6.07, 6.45) is 5.42. The fraction of sp³-hybridized carbons (Fsp3) is 0.600. The van der Waals surface area contributed by atoms with Gasteiger partial charge in [0.1, 0.15) is 0 Å². The molecule has 1 heterocycles. The van der Waals surface area contributed by atoms with Crippen LogP contribution in [0.15, 0.2) is 24.3 Å². The second-order valence-electron chi connectivity index (χ2n) is 7.43. The third-order valence-corrected chi connectivity index (χ3v) is 5.06. The minimum atomic E-state index is -0.106. The Morgan fingerprint density at radius 2 is 1.92 bits per heavy atom. The van der Waals surface area contributed by atoms with Gasteiger partial charge in [0.2, 0.25) is 5.91 Å². The van der Waals surface area contributed by atoms with Crippen molar-refractivity contribution in [3.63, 3.8) is 0 Å². The number of urea groups is 1. The van der Waals surface area contributed by atoms with Gasteiger partial charge in [-0.3, -0.25) is 4.79 Å². The van der Waals surface area contributed by atoms with E-state index in [-0.39, 0.29) is 30.0 Å². The molecule has 1 saturated carbocycles. The molecule has 0 aromatic heterocycles. The second-order valence-corrected chi connectivity index (χ2v) is 7.43. The molecule has 1 aliphatic heterocycles. The lowest BCUT2D eigenvalue weighted by Gasteiger charge is -2.28. The first-order chi connectivity index (χ1) is 12.5. The molecule has 2 aliphatic rings. The Hall–Kier alpha value is -2.08. The first kappa shape index (κ1) is 18.7. The van der Waals surface area contributed by atoms with E-state index in [1.807, 2.05) is 31.2 Å². The number of nitrogens with zero attached hydrogens (tertiary/aromatic N) is 1. The normalized spacial score (nSPS) is 20.9. The number of anilines is 1. The average molecular weight is 359 g/mol. The molecule has 0 radical (unpaired) electrons. The number of likely N-dealkylation sites (N-methyl/N-ethyl adjacent to an activating group) is 1. The second kappa shape index (κ2) is 8.54. The summed E-state index contributed by atoms with van der Waals surface area (Å²) < 4.78 is 5.70. The van der Waals surface area contributed by atoms with E-state index in [9.17, 15) is 9.59 Å². The predicted octanol–water partition coefficient (Wildman–Crippen LogP) is 3.31. The molecule has 142 valence electrons. The summed E-state index contributed by atoms with van der Waals surface area (Å²) in [5.41, 5.74) is 1.81. The third kappa shape index (κ3) is 5.21. The molecule has 6 heteroatoms. The highest BCUT2D eigenvalue weighted by Gasteiger charge is 2.29. The Morgan fingerprint density at radius 1 is 1.19 bits per heavy atom. The molecular formula is C20H29N3O3. The number of ether oxygens (including phenoxy) is 1. The molecule has 2 unspecified atom stereocenters. The van der Waals surface area contributed by atoms with Crippen LogP contribution in [0.25, 0.3) is 0 Å². The fourth-order valence-electron chi connectivity index (χ4n) is 3.16. The van der Waals surface area contributed by atoms with Gasteiger partial charge in [-0.15, -0.1) is 0 Å². The minimum Gasteiger partial charge on any atom is -0.376 e. The number of hydrogen-bond acceptors (Lipinski definition) is 3. The largest absolute Gasteiger partial charge is 0.376 e. The summed E-state index contributed by atoms with van der Waals surface area (Å²) in [6, 6.07) is 7.45. The molecule has 3 amide bonds. The van der Waals surface area contributed by atoms with Gasteiger partial charge < -0.3 is 20.3 Å². The van der Waals surface area contributed by atoms with Crippen LogP contribution in [-0.2, 0) is 9.53 Å². The van der Waals surface area contributed by atoms with E-state index < -0.39 is 0 Å². The van der Waals surface area contributed by atoms with Crippen LogP contribution in [0.4, 0.5) is 10.5 Å². The molecule has 2 fully saturated rings. The van der Waals surface area contributed by atoms with Crippen molar-refractivity contribution in [3.8, 4) is 0 Å². The van der Waals surface area contributed by atoms with E-state index in [4.69, 9.17) is 4.74 Å². The van der Waals surface area contributed by atoms with Crippen LogP contribution in [0.5, 0.6) is 0 Å². The number of amides is 3. The Kier molecular flexibility index (Phi) is 6.14. The summed E-state index contributed by atoms with van der Waals surface area (Å²) >= 11 is 0. The zero-order valence-corrected chi connectivity index (χ0v) is 15.7. The topological polar surface area (TPSA) is 70.7 Å². The Morgan fingerprint density at radius 3 is 2.54 bits per heavy atom. The number of carbonyl (C=O) groups is 2. The molecule has 2 N–H and O–H groups in total. The maximum absolute atomic E-state index is 12.4. The number of rotatable bonds is 6. The van der Waals surface area contributed by atoms with E-state index >= 15 is 0 Å². The molecule has 2 atom stereocenters. The van der Waals surface area contributed by atoms with E-state index in [0.29, 0.717) is 6.54 Å². The van der Waals surface area contributed by atoms with Crippen LogP contribution in [-0.4, -0.2) is 43.1 Å². The molecular weight excluding hydrogens is 330 g/mol. The van der Waals surface area contributed by atoms with Gasteiger partial charge in [-0.05, 0) is 56.7 Å². The van der Waals surface area contributed by atoms with Gasteiger partial charge >= 0.3 is 6.03 Å². The monoisotopic (exact) mass is 359 g/mol. The van der Waals surface area contributed by atoms with Gasteiger partial charge in [0.05, 0.1) is 12.1 Å². The Labute approximate surface area is 155 Å². The number of nitrogens with one attached hydrogen (secondary N) is 2. The molecule has 26 heavy (non-hydrogen) atoms. The summed E-state index contributed by atoms with van der Waals surface area (Å²) in [4.78, 5) is 25.9. The van der Waals surface area contributed by atoms with Gasteiger partial charge in [-0.25, -0.2) is 4.79 Å². The minimum absolute atomic E-state index is 0.0993. The maximum Gasteiger partial charge on any atom is 0.317 e. The van der Waals surface area contributed by atoms with E-state index in [0.717, 1.165) is 43.5 Å². The highest BCUT2D eigenvalue weighted by Crippen LogP contribution is 2.30. The lowest BCUT2D eigenvalue weighted by molar-refractivity contribution is -0.117. The van der Waals surface area contributed by atoms with Crippen molar-refractivity contribution in [1.29, 1.82) is 0 Å². The van der Waals surface area contributed by atoms with Crippen molar-refractivity contribution in [2.24, 2.45) is 5.92 Å². The first-order valence-electron chi connectivity index (χ1n) is 9.57. The van der Waals surface area contributed by atoms with Crippen molar-refractivity contribution in [3.05, 3.63) is 29.8 Å². The van der Waals surface area contributed by atoms with Crippen LogP contribution in [0, 0.1) is 5.92 Å². The van der Waals surface area contributed by atoms with Crippen LogP contribution in [0.1, 0.15) is 50.6 Å². The number of benzene rings is 1. The van der Waals surface area contributed by atoms with Gasteiger partial charge in [0.15, 0.2) is 0 Å². The van der Waals surface area contributed by atoms with E-state index in [1.54, 1.807) is 11.9 Å². The fourth-order valence-corrected chi connectivity index (χ4v) is 3.16. The quantitative estimate of drug-likeness (QED) is 0.819. The van der Waals surface area contributed by atoms with Crippen LogP contribution < -0.4 is 10.6 Å². The SMILES string of the molecule is CC(NC(=O)N(C)CC1CCCCO1)c1ccc(NC(=O)C2CC2)cc1. The molecule has 1 saturated heterocycles. The van der Waals surface area contributed by atoms with E-state index in [2.05, 4.69) is 10.6 Å². The van der Waals surface area contributed by atoms with Crippen molar-refractivity contribution in [2.45, 2.75) is 51.2 Å². The summed E-state index contributed by atoms with van der Waals surface area (Å²) in [5, 5.41) is 5.94. The van der Waals surface area contributed by atoms with Crippen molar-refractivity contribution in [2.75, 3.05) is 25.5 Å². The zero-order chi connectivity index (χ0) is 18.5. The third-order valence-electron chi connectivity index (χ3n) is 5.06. The van der Waals surface area contributed by atoms with Crippen molar-refractivity contribution in [1.82, 2.24) is 10.2 Å². The molecule has 1 aromatic carbocycles. The van der Waals surface area contributed by atoms with Crippen LogP contribution in [0.2, 0.25) is 0 Å². The van der Waals surface area contributed by atoms with Gasteiger partial charge in [0, 0.05) is 31.8 Å².